The average Bonchev–Trinajstić information content (AvgIpc) is 2.71. The number of carbonyl (C=O) groups excluding carboxylic acids is 1. The van der Waals surface area contributed by atoms with E-state index in [0.717, 1.165) is 0 Å². The summed E-state index contributed by atoms with van der Waals surface area (Å²) in [7, 11) is -6.13. The summed E-state index contributed by atoms with van der Waals surface area (Å²) >= 11 is 5.88. The summed E-state index contributed by atoms with van der Waals surface area (Å²) in [4.78, 5) is 12.8. The van der Waals surface area contributed by atoms with Crippen LogP contribution >= 0.6 is 11.6 Å². The Morgan fingerprint density at radius 1 is 1.00 bits per heavy atom. The molecular weight excluding hydrogens is 462 g/mol. The molecule has 0 spiro atoms. The first kappa shape index (κ1) is 25.3. The standard InChI is InChI=1S/C20H26ClN3O5S2/c1-14(2)19(24-31(28,29)18-10-6-9-17(21)11-18)20(25)23-12-15-7-4-5-8-16(15)13-30(26,27)22-3/h4-11,14,19,22,24H,12-13H2,1-3H3,(H,23,25)/t19-/m0/s1. The summed E-state index contributed by atoms with van der Waals surface area (Å²) in [6.45, 7) is 3.49. The number of carbonyl (C=O) groups is 1. The monoisotopic (exact) mass is 487 g/mol. The second-order valence-electron chi connectivity index (χ2n) is 7.25. The Morgan fingerprint density at radius 3 is 2.23 bits per heavy atom. The van der Waals surface area contributed by atoms with Gasteiger partial charge in [0.25, 0.3) is 0 Å². The van der Waals surface area contributed by atoms with E-state index in [9.17, 15) is 21.6 Å². The Labute approximate surface area is 188 Å². The molecule has 0 radical (unpaired) electrons. The van der Waals surface area contributed by atoms with Gasteiger partial charge >= 0.3 is 0 Å². The van der Waals surface area contributed by atoms with Crippen LogP contribution in [0.15, 0.2) is 53.4 Å². The quantitative estimate of drug-likeness (QED) is 0.473. The fourth-order valence-corrected chi connectivity index (χ4v) is 5.28. The fraction of sp³-hybridized carbons (Fsp3) is 0.350. The van der Waals surface area contributed by atoms with Crippen molar-refractivity contribution < 1.29 is 21.6 Å². The molecule has 0 bridgehead atoms. The van der Waals surface area contributed by atoms with Crippen LogP contribution in [-0.4, -0.2) is 35.8 Å². The molecule has 8 nitrogen and oxygen atoms in total. The van der Waals surface area contributed by atoms with Crippen molar-refractivity contribution >= 4 is 37.6 Å². The van der Waals surface area contributed by atoms with Gasteiger partial charge in [-0.3, -0.25) is 4.79 Å². The summed E-state index contributed by atoms with van der Waals surface area (Å²) in [5, 5.41) is 2.97. The summed E-state index contributed by atoms with van der Waals surface area (Å²) in [6.07, 6.45) is 0. The van der Waals surface area contributed by atoms with Crippen molar-refractivity contribution in [2.75, 3.05) is 7.05 Å². The van der Waals surface area contributed by atoms with Gasteiger partial charge in [0.1, 0.15) is 6.04 Å². The normalized spacial score (nSPS) is 13.2. The second kappa shape index (κ2) is 10.6. The number of rotatable bonds is 10. The largest absolute Gasteiger partial charge is 0.351 e. The molecule has 2 aromatic rings. The Balaban J connectivity index is 2.16. The van der Waals surface area contributed by atoms with Crippen LogP contribution in [0.5, 0.6) is 0 Å². The lowest BCUT2D eigenvalue weighted by Gasteiger charge is -2.22. The molecule has 3 N–H and O–H groups in total. The van der Waals surface area contributed by atoms with Crippen molar-refractivity contribution in [3.8, 4) is 0 Å². The molecule has 11 heteroatoms. The maximum Gasteiger partial charge on any atom is 0.241 e. The molecule has 0 saturated heterocycles. The summed E-state index contributed by atoms with van der Waals surface area (Å²) in [5.74, 6) is -1.09. The number of hydrogen-bond donors (Lipinski definition) is 3. The van der Waals surface area contributed by atoms with E-state index in [-0.39, 0.29) is 28.1 Å². The van der Waals surface area contributed by atoms with Gasteiger partial charge in [-0.25, -0.2) is 21.6 Å². The predicted octanol–water partition coefficient (Wildman–Crippen LogP) is 2.01. The van der Waals surface area contributed by atoms with Gasteiger partial charge in [-0.05, 0) is 42.3 Å². The predicted molar refractivity (Wildman–Crippen MR) is 120 cm³/mol. The molecule has 0 aliphatic heterocycles. The highest BCUT2D eigenvalue weighted by Crippen LogP contribution is 2.17. The molecule has 170 valence electrons. The van der Waals surface area contributed by atoms with Gasteiger partial charge in [0.15, 0.2) is 0 Å². The van der Waals surface area contributed by atoms with Crippen LogP contribution in [0.3, 0.4) is 0 Å². The minimum Gasteiger partial charge on any atom is -0.351 e. The van der Waals surface area contributed by atoms with Gasteiger partial charge in [0.2, 0.25) is 26.0 Å². The molecule has 0 heterocycles. The van der Waals surface area contributed by atoms with Crippen molar-refractivity contribution in [3.63, 3.8) is 0 Å². The van der Waals surface area contributed by atoms with E-state index in [1.807, 2.05) is 0 Å². The van der Waals surface area contributed by atoms with E-state index in [1.54, 1.807) is 44.2 Å². The Bertz CT molecular complexity index is 1140. The third-order valence-corrected chi connectivity index (χ3v) is 7.55. The van der Waals surface area contributed by atoms with Crippen LogP contribution in [-0.2, 0) is 37.1 Å². The first-order valence-electron chi connectivity index (χ1n) is 9.49. The zero-order chi connectivity index (χ0) is 23.2. The van der Waals surface area contributed by atoms with E-state index in [2.05, 4.69) is 14.8 Å². The van der Waals surface area contributed by atoms with Crippen LogP contribution in [0.4, 0.5) is 0 Å². The van der Waals surface area contributed by atoms with Crippen LogP contribution in [0.1, 0.15) is 25.0 Å². The molecule has 2 rings (SSSR count). The second-order valence-corrected chi connectivity index (χ2v) is 11.3. The molecule has 2 aromatic carbocycles. The van der Waals surface area contributed by atoms with Crippen molar-refractivity contribution in [2.45, 2.75) is 37.1 Å². The van der Waals surface area contributed by atoms with E-state index in [0.29, 0.717) is 11.1 Å². The SMILES string of the molecule is CNS(=O)(=O)Cc1ccccc1CNC(=O)[C@@H](NS(=O)(=O)c1cccc(Cl)c1)C(C)C. The van der Waals surface area contributed by atoms with Gasteiger partial charge in [-0.2, -0.15) is 4.72 Å². The van der Waals surface area contributed by atoms with E-state index >= 15 is 0 Å². The first-order valence-corrected chi connectivity index (χ1v) is 13.0. The third-order valence-electron chi connectivity index (χ3n) is 4.57. The van der Waals surface area contributed by atoms with Gasteiger partial charge < -0.3 is 5.32 Å². The smallest absolute Gasteiger partial charge is 0.241 e. The number of hydrogen-bond acceptors (Lipinski definition) is 5. The van der Waals surface area contributed by atoms with E-state index < -0.39 is 32.0 Å². The van der Waals surface area contributed by atoms with Crippen LogP contribution in [0.2, 0.25) is 5.02 Å². The Kier molecular flexibility index (Phi) is 8.61. The van der Waals surface area contributed by atoms with Gasteiger partial charge in [0.05, 0.1) is 10.6 Å². The maximum absolute atomic E-state index is 12.8. The molecule has 0 saturated carbocycles. The average molecular weight is 488 g/mol. The van der Waals surface area contributed by atoms with Crippen LogP contribution < -0.4 is 14.8 Å². The van der Waals surface area contributed by atoms with E-state index in [1.165, 1.54) is 25.2 Å². The molecule has 0 unspecified atom stereocenters. The third kappa shape index (κ3) is 7.29. The molecule has 0 fully saturated rings. The van der Waals surface area contributed by atoms with Crippen molar-refractivity contribution in [2.24, 2.45) is 5.92 Å². The number of sulfonamides is 2. The van der Waals surface area contributed by atoms with Gasteiger partial charge in [-0.15, -0.1) is 0 Å². The fourth-order valence-electron chi connectivity index (χ4n) is 2.80. The molecule has 1 atom stereocenters. The lowest BCUT2D eigenvalue weighted by molar-refractivity contribution is -0.123. The zero-order valence-corrected chi connectivity index (χ0v) is 19.8. The van der Waals surface area contributed by atoms with Gasteiger partial charge in [-0.1, -0.05) is 55.8 Å². The lowest BCUT2D eigenvalue weighted by Crippen LogP contribution is -2.49. The molecule has 0 aliphatic rings. The first-order chi connectivity index (χ1) is 14.4. The molecule has 0 aromatic heterocycles. The highest BCUT2D eigenvalue weighted by atomic mass is 35.5. The topological polar surface area (TPSA) is 121 Å². The van der Waals surface area contributed by atoms with Crippen LogP contribution in [0.25, 0.3) is 0 Å². The number of nitrogens with one attached hydrogen (secondary N) is 3. The number of halogens is 1. The highest BCUT2D eigenvalue weighted by molar-refractivity contribution is 7.89. The molecular formula is C20H26ClN3O5S2. The van der Waals surface area contributed by atoms with Crippen molar-refractivity contribution in [1.29, 1.82) is 0 Å². The summed E-state index contributed by atoms with van der Waals surface area (Å²) in [6, 6.07) is 11.5. The minimum absolute atomic E-state index is 0.0407. The summed E-state index contributed by atoms with van der Waals surface area (Å²) in [5.41, 5.74) is 1.16. The summed E-state index contributed by atoms with van der Waals surface area (Å²) < 4.78 is 53.9. The maximum atomic E-state index is 12.8. The van der Waals surface area contributed by atoms with Crippen molar-refractivity contribution in [1.82, 2.24) is 14.8 Å². The van der Waals surface area contributed by atoms with E-state index in [4.69, 9.17) is 11.6 Å². The number of amides is 1. The van der Waals surface area contributed by atoms with Crippen molar-refractivity contribution in [3.05, 3.63) is 64.7 Å². The highest BCUT2D eigenvalue weighted by Gasteiger charge is 2.28. The Hall–Kier alpha value is -1.98. The molecule has 1 amide bonds. The molecule has 0 aliphatic carbocycles. The minimum atomic E-state index is -3.97. The van der Waals surface area contributed by atoms with Gasteiger partial charge in [0, 0.05) is 11.6 Å². The zero-order valence-electron chi connectivity index (χ0n) is 17.4. The Morgan fingerprint density at radius 2 is 1.65 bits per heavy atom. The molecule has 31 heavy (non-hydrogen) atoms. The van der Waals surface area contributed by atoms with Crippen LogP contribution in [0, 0.1) is 5.92 Å². The lowest BCUT2D eigenvalue weighted by atomic mass is 10.0. The number of benzene rings is 2.